The summed E-state index contributed by atoms with van der Waals surface area (Å²) in [6, 6.07) is 15.4. The SMILES string of the molecule is O=C(ONCCCCC(NC1CCC1NC(CCCCNOC(=O)c1ccccc1)C(=O)O)C(=O)O)c1ccccc1. The number of carbonyl (C=O) groups excluding carboxylic acids is 2. The smallest absolute Gasteiger partial charge is 0.356 e. The van der Waals surface area contributed by atoms with Crippen LogP contribution in [0.4, 0.5) is 0 Å². The summed E-state index contributed by atoms with van der Waals surface area (Å²) in [5, 5.41) is 25.7. The number of hydrogen-bond donors (Lipinski definition) is 6. The van der Waals surface area contributed by atoms with Crippen LogP contribution in [0.5, 0.6) is 0 Å². The van der Waals surface area contributed by atoms with E-state index in [1.54, 1.807) is 60.7 Å². The van der Waals surface area contributed by atoms with Gasteiger partial charge in [-0.15, -0.1) is 0 Å². The van der Waals surface area contributed by atoms with Crippen LogP contribution in [0.25, 0.3) is 0 Å². The number of unbranched alkanes of at least 4 members (excludes halogenated alkanes) is 2. The van der Waals surface area contributed by atoms with Gasteiger partial charge in [0.05, 0.1) is 11.1 Å². The van der Waals surface area contributed by atoms with Gasteiger partial charge in [0.1, 0.15) is 12.1 Å². The van der Waals surface area contributed by atoms with Gasteiger partial charge in [-0.05, 0) is 75.6 Å². The van der Waals surface area contributed by atoms with E-state index in [0.717, 1.165) is 12.8 Å². The molecule has 1 aliphatic rings. The van der Waals surface area contributed by atoms with E-state index in [1.807, 2.05) is 0 Å². The third-order valence-corrected chi connectivity index (χ3v) is 7.09. The first-order valence-electron chi connectivity index (χ1n) is 14.3. The number of aliphatic carboxylic acids is 2. The van der Waals surface area contributed by atoms with E-state index in [2.05, 4.69) is 21.6 Å². The van der Waals surface area contributed by atoms with Crippen LogP contribution in [0.3, 0.4) is 0 Å². The number of benzene rings is 2. The molecule has 0 spiro atoms. The summed E-state index contributed by atoms with van der Waals surface area (Å²) in [6.07, 6.45) is 4.69. The topological polar surface area (TPSA) is 175 Å². The third kappa shape index (κ3) is 11.2. The molecule has 0 aliphatic heterocycles. The molecular weight excluding hydrogens is 544 g/mol. The fourth-order valence-electron chi connectivity index (χ4n) is 4.56. The van der Waals surface area contributed by atoms with Gasteiger partial charge in [0.25, 0.3) is 0 Å². The highest BCUT2D eigenvalue weighted by Crippen LogP contribution is 2.23. The van der Waals surface area contributed by atoms with Crippen molar-refractivity contribution in [2.45, 2.75) is 75.5 Å². The quantitative estimate of drug-likeness (QED) is 0.0993. The molecule has 42 heavy (non-hydrogen) atoms. The number of carboxylic acid groups (broad SMARTS) is 2. The second-order valence-electron chi connectivity index (χ2n) is 10.2. The average molecular weight is 585 g/mol. The monoisotopic (exact) mass is 584 g/mol. The zero-order valence-electron chi connectivity index (χ0n) is 23.5. The molecule has 0 amide bonds. The van der Waals surface area contributed by atoms with Crippen molar-refractivity contribution in [3.8, 4) is 0 Å². The predicted octanol–water partition coefficient (Wildman–Crippen LogP) is 2.67. The molecule has 0 radical (unpaired) electrons. The lowest BCUT2D eigenvalue weighted by Gasteiger charge is -2.41. The first-order valence-corrected chi connectivity index (χ1v) is 14.3. The van der Waals surface area contributed by atoms with Crippen molar-refractivity contribution in [1.29, 1.82) is 0 Å². The van der Waals surface area contributed by atoms with Gasteiger partial charge >= 0.3 is 23.9 Å². The van der Waals surface area contributed by atoms with Crippen LogP contribution in [0.2, 0.25) is 0 Å². The fourth-order valence-corrected chi connectivity index (χ4v) is 4.56. The summed E-state index contributed by atoms with van der Waals surface area (Å²) in [5.41, 5.74) is 6.11. The van der Waals surface area contributed by atoms with Gasteiger partial charge in [0, 0.05) is 25.2 Å². The molecule has 4 unspecified atom stereocenters. The van der Waals surface area contributed by atoms with Gasteiger partial charge in [-0.25, -0.2) is 9.59 Å². The van der Waals surface area contributed by atoms with Crippen LogP contribution in [0.1, 0.15) is 72.1 Å². The van der Waals surface area contributed by atoms with Crippen molar-refractivity contribution in [3.63, 3.8) is 0 Å². The van der Waals surface area contributed by atoms with E-state index in [-0.39, 0.29) is 12.1 Å². The fraction of sp³-hybridized carbons (Fsp3) is 0.467. The van der Waals surface area contributed by atoms with Crippen molar-refractivity contribution in [2.75, 3.05) is 13.1 Å². The number of rotatable bonds is 20. The van der Waals surface area contributed by atoms with Gasteiger partial charge in [0.2, 0.25) is 0 Å². The van der Waals surface area contributed by atoms with E-state index >= 15 is 0 Å². The minimum absolute atomic E-state index is 0.142. The van der Waals surface area contributed by atoms with Gasteiger partial charge in [-0.3, -0.25) is 9.59 Å². The van der Waals surface area contributed by atoms with Gasteiger partial charge in [-0.2, -0.15) is 11.0 Å². The minimum Gasteiger partial charge on any atom is -0.480 e. The van der Waals surface area contributed by atoms with E-state index in [9.17, 15) is 29.4 Å². The zero-order chi connectivity index (χ0) is 30.2. The molecule has 12 heteroatoms. The van der Waals surface area contributed by atoms with Crippen molar-refractivity contribution in [1.82, 2.24) is 21.6 Å². The molecule has 3 rings (SSSR count). The molecule has 0 bridgehead atoms. The minimum atomic E-state index is -0.959. The second kappa shape index (κ2) is 17.9. The molecule has 0 saturated heterocycles. The Balaban J connectivity index is 1.29. The van der Waals surface area contributed by atoms with Gasteiger partial charge in [0.15, 0.2) is 0 Å². The zero-order valence-corrected chi connectivity index (χ0v) is 23.5. The standard InChI is InChI=1S/C30H40N4O8/c35-27(36)25(15-7-9-19-31-41-29(39)21-11-3-1-4-12-21)33-23-17-18-24(23)34-26(28(37)38)16-8-10-20-32-42-30(40)22-13-5-2-6-14-22/h1-6,11-14,23-26,31-34H,7-10,15-20H2,(H,35,36)(H,37,38). The number of hydroxylamine groups is 2. The molecule has 1 fully saturated rings. The lowest BCUT2D eigenvalue weighted by atomic mass is 9.84. The molecule has 0 heterocycles. The summed E-state index contributed by atoms with van der Waals surface area (Å²) < 4.78 is 0. The normalized spacial score (nSPS) is 17.4. The summed E-state index contributed by atoms with van der Waals surface area (Å²) in [5.74, 6) is -2.88. The highest BCUT2D eigenvalue weighted by atomic mass is 16.7. The van der Waals surface area contributed by atoms with Crippen LogP contribution in [-0.4, -0.2) is 71.3 Å². The molecule has 6 N–H and O–H groups in total. The van der Waals surface area contributed by atoms with Crippen LogP contribution in [0.15, 0.2) is 60.7 Å². The van der Waals surface area contributed by atoms with E-state index < -0.39 is 36.0 Å². The summed E-state index contributed by atoms with van der Waals surface area (Å²) in [6.45, 7) is 0.785. The molecular formula is C30H40N4O8. The molecule has 12 nitrogen and oxygen atoms in total. The van der Waals surface area contributed by atoms with Crippen molar-refractivity contribution >= 4 is 23.9 Å². The Morgan fingerprint density at radius 2 is 1.02 bits per heavy atom. The Morgan fingerprint density at radius 3 is 1.36 bits per heavy atom. The molecule has 2 aromatic rings. The Kier molecular flexibility index (Phi) is 13.9. The molecule has 4 atom stereocenters. The maximum Gasteiger partial charge on any atom is 0.356 e. The average Bonchev–Trinajstić information content (AvgIpc) is 2.99. The van der Waals surface area contributed by atoms with E-state index in [1.165, 1.54) is 0 Å². The first-order chi connectivity index (χ1) is 20.3. The lowest BCUT2D eigenvalue weighted by Crippen LogP contribution is -2.61. The number of carbonyl (C=O) groups is 4. The number of nitrogens with one attached hydrogen (secondary N) is 4. The van der Waals surface area contributed by atoms with Gasteiger partial charge < -0.3 is 30.5 Å². The Labute approximate surface area is 245 Å². The maximum absolute atomic E-state index is 11.9. The van der Waals surface area contributed by atoms with Gasteiger partial charge in [-0.1, -0.05) is 36.4 Å². The predicted molar refractivity (Wildman–Crippen MR) is 153 cm³/mol. The first kappa shape index (κ1) is 32.7. The number of hydrogen-bond acceptors (Lipinski definition) is 10. The third-order valence-electron chi connectivity index (χ3n) is 7.09. The lowest BCUT2D eigenvalue weighted by molar-refractivity contribution is -0.142. The Hall–Kier alpha value is -3.84. The number of carboxylic acids is 2. The van der Waals surface area contributed by atoms with E-state index in [4.69, 9.17) is 9.68 Å². The largest absolute Gasteiger partial charge is 0.480 e. The van der Waals surface area contributed by atoms with Crippen molar-refractivity contribution < 1.29 is 39.1 Å². The Morgan fingerprint density at radius 1 is 0.643 bits per heavy atom. The molecule has 1 saturated carbocycles. The van der Waals surface area contributed by atoms with Crippen LogP contribution in [0, 0.1) is 0 Å². The van der Waals surface area contributed by atoms with E-state index in [0.29, 0.717) is 62.7 Å². The highest BCUT2D eigenvalue weighted by Gasteiger charge is 2.36. The molecule has 2 aromatic carbocycles. The highest BCUT2D eigenvalue weighted by molar-refractivity contribution is 5.89. The van der Waals surface area contributed by atoms with Crippen molar-refractivity contribution in [2.24, 2.45) is 0 Å². The molecule has 228 valence electrons. The molecule has 1 aliphatic carbocycles. The van der Waals surface area contributed by atoms with Crippen LogP contribution >= 0.6 is 0 Å². The maximum atomic E-state index is 11.9. The summed E-state index contributed by atoms with van der Waals surface area (Å²) >= 11 is 0. The summed E-state index contributed by atoms with van der Waals surface area (Å²) in [7, 11) is 0. The van der Waals surface area contributed by atoms with Crippen molar-refractivity contribution in [3.05, 3.63) is 71.8 Å². The second-order valence-corrected chi connectivity index (χ2v) is 10.2. The van der Waals surface area contributed by atoms with Crippen LogP contribution < -0.4 is 21.6 Å². The Bertz CT molecular complexity index is 1050. The molecule has 0 aromatic heterocycles. The van der Waals surface area contributed by atoms with Crippen LogP contribution in [-0.2, 0) is 19.3 Å². The summed E-state index contributed by atoms with van der Waals surface area (Å²) in [4.78, 5) is 57.5.